The van der Waals surface area contributed by atoms with Gasteiger partial charge in [-0.2, -0.15) is 0 Å². The molecule has 2 heterocycles. The zero-order valence-electron chi connectivity index (χ0n) is 15.2. The fraction of sp³-hybridized carbons (Fsp3) is 0.526. The van der Waals surface area contributed by atoms with Crippen molar-refractivity contribution in [2.24, 2.45) is 0 Å². The Bertz CT molecular complexity index is 693. The maximum Gasteiger partial charge on any atom is 0.242 e. The van der Waals surface area contributed by atoms with Crippen LogP contribution in [0.25, 0.3) is 0 Å². The van der Waals surface area contributed by atoms with Gasteiger partial charge in [0.15, 0.2) is 0 Å². The topological polar surface area (TPSA) is 83.3 Å². The molecule has 1 amide bonds. The SMILES string of the molecule is CC(O)c1cn(CC(=O)NC2CCN(CCc3ccccc3)CC2)nn1. The normalized spacial score (nSPS) is 17.2. The van der Waals surface area contributed by atoms with E-state index in [1.54, 1.807) is 13.1 Å². The van der Waals surface area contributed by atoms with Gasteiger partial charge >= 0.3 is 0 Å². The van der Waals surface area contributed by atoms with Crippen LogP contribution in [0.2, 0.25) is 0 Å². The second-order valence-corrected chi connectivity index (χ2v) is 6.94. The lowest BCUT2D eigenvalue weighted by molar-refractivity contribution is -0.122. The zero-order valence-corrected chi connectivity index (χ0v) is 15.2. The molecule has 3 rings (SSSR count). The van der Waals surface area contributed by atoms with Crippen molar-refractivity contribution in [2.75, 3.05) is 19.6 Å². The van der Waals surface area contributed by atoms with E-state index in [9.17, 15) is 9.90 Å². The van der Waals surface area contributed by atoms with Gasteiger partial charge in [0.2, 0.25) is 5.91 Å². The predicted molar refractivity (Wildman–Crippen MR) is 98.4 cm³/mol. The van der Waals surface area contributed by atoms with Crippen LogP contribution in [0.4, 0.5) is 0 Å². The minimum atomic E-state index is -0.674. The third kappa shape index (κ3) is 5.37. The third-order valence-corrected chi connectivity index (χ3v) is 4.80. The van der Waals surface area contributed by atoms with Gasteiger partial charge in [-0.15, -0.1) is 5.10 Å². The van der Waals surface area contributed by atoms with Gasteiger partial charge in [0.25, 0.3) is 0 Å². The molecule has 0 bridgehead atoms. The monoisotopic (exact) mass is 357 g/mol. The van der Waals surface area contributed by atoms with E-state index >= 15 is 0 Å². The van der Waals surface area contributed by atoms with E-state index in [-0.39, 0.29) is 18.5 Å². The van der Waals surface area contributed by atoms with E-state index < -0.39 is 6.10 Å². The Hall–Kier alpha value is -2.25. The standard InChI is InChI=1S/C19H27N5O2/c1-15(25)18-13-24(22-21-18)14-19(26)20-17-8-11-23(12-9-17)10-7-16-5-3-2-4-6-16/h2-6,13,15,17,25H,7-12,14H2,1H3,(H,20,26). The minimum absolute atomic E-state index is 0.0604. The molecule has 1 fully saturated rings. The molecule has 1 atom stereocenters. The summed E-state index contributed by atoms with van der Waals surface area (Å²) < 4.78 is 1.46. The van der Waals surface area contributed by atoms with E-state index in [1.165, 1.54) is 10.2 Å². The van der Waals surface area contributed by atoms with Crippen molar-refractivity contribution in [1.29, 1.82) is 0 Å². The van der Waals surface area contributed by atoms with Gasteiger partial charge < -0.3 is 15.3 Å². The van der Waals surface area contributed by atoms with E-state index in [0.717, 1.165) is 38.9 Å². The van der Waals surface area contributed by atoms with Crippen LogP contribution in [0.5, 0.6) is 0 Å². The van der Waals surface area contributed by atoms with Crippen molar-refractivity contribution in [3.05, 3.63) is 47.8 Å². The van der Waals surface area contributed by atoms with Crippen molar-refractivity contribution in [3.8, 4) is 0 Å². The van der Waals surface area contributed by atoms with E-state index in [2.05, 4.69) is 44.8 Å². The van der Waals surface area contributed by atoms with Gasteiger partial charge in [-0.25, -0.2) is 4.68 Å². The summed E-state index contributed by atoms with van der Waals surface area (Å²) in [5, 5.41) is 20.3. The molecule has 0 spiro atoms. The number of aromatic nitrogens is 3. The fourth-order valence-electron chi connectivity index (χ4n) is 3.24. The number of rotatable bonds is 7. The van der Waals surface area contributed by atoms with Gasteiger partial charge in [0, 0.05) is 25.7 Å². The molecule has 1 unspecified atom stereocenters. The molecule has 1 aromatic carbocycles. The highest BCUT2D eigenvalue weighted by Gasteiger charge is 2.20. The first-order valence-electron chi connectivity index (χ1n) is 9.24. The van der Waals surface area contributed by atoms with E-state index in [0.29, 0.717) is 5.69 Å². The molecule has 140 valence electrons. The largest absolute Gasteiger partial charge is 0.387 e. The molecule has 1 aliphatic rings. The number of carbonyl (C=O) groups excluding carboxylic acids is 1. The Kier molecular flexibility index (Phi) is 6.35. The number of nitrogens with zero attached hydrogens (tertiary/aromatic N) is 4. The highest BCUT2D eigenvalue weighted by molar-refractivity contribution is 5.75. The number of piperidine rings is 1. The molecular formula is C19H27N5O2. The number of benzene rings is 1. The third-order valence-electron chi connectivity index (χ3n) is 4.80. The molecule has 2 N–H and O–H groups in total. The summed E-state index contributed by atoms with van der Waals surface area (Å²) in [5.41, 5.74) is 1.84. The molecule has 0 saturated carbocycles. The molecule has 1 aromatic heterocycles. The lowest BCUT2D eigenvalue weighted by Gasteiger charge is -2.32. The van der Waals surface area contributed by atoms with Gasteiger partial charge in [0.1, 0.15) is 12.2 Å². The number of aliphatic hydroxyl groups excluding tert-OH is 1. The highest BCUT2D eigenvalue weighted by atomic mass is 16.3. The summed E-state index contributed by atoms with van der Waals surface area (Å²) in [6.07, 6.45) is 3.94. The summed E-state index contributed by atoms with van der Waals surface area (Å²) in [5.74, 6) is -0.0604. The van der Waals surface area contributed by atoms with Crippen molar-refractivity contribution < 1.29 is 9.90 Å². The Morgan fingerprint density at radius 3 is 2.69 bits per heavy atom. The molecular weight excluding hydrogens is 330 g/mol. The maximum absolute atomic E-state index is 12.2. The van der Waals surface area contributed by atoms with Gasteiger partial charge in [0.05, 0.1) is 12.3 Å². The van der Waals surface area contributed by atoms with Crippen LogP contribution in [0, 0.1) is 0 Å². The molecule has 7 nitrogen and oxygen atoms in total. The lowest BCUT2D eigenvalue weighted by Crippen LogP contribution is -2.45. The number of likely N-dealkylation sites (tertiary alicyclic amines) is 1. The smallest absolute Gasteiger partial charge is 0.242 e. The Balaban J connectivity index is 1.37. The van der Waals surface area contributed by atoms with Crippen LogP contribution in [-0.2, 0) is 17.8 Å². The van der Waals surface area contributed by atoms with Gasteiger partial charge in [-0.05, 0) is 31.7 Å². The second kappa shape index (κ2) is 8.91. The molecule has 26 heavy (non-hydrogen) atoms. The fourth-order valence-corrected chi connectivity index (χ4v) is 3.24. The van der Waals surface area contributed by atoms with Crippen LogP contribution in [-0.4, -0.2) is 56.6 Å². The first-order valence-corrected chi connectivity index (χ1v) is 9.24. The Morgan fingerprint density at radius 2 is 2.04 bits per heavy atom. The van der Waals surface area contributed by atoms with Crippen molar-refractivity contribution in [2.45, 2.75) is 44.9 Å². The minimum Gasteiger partial charge on any atom is -0.387 e. The average Bonchev–Trinajstić information content (AvgIpc) is 3.11. The van der Waals surface area contributed by atoms with E-state index in [4.69, 9.17) is 0 Å². The molecule has 1 aliphatic heterocycles. The van der Waals surface area contributed by atoms with Crippen LogP contribution >= 0.6 is 0 Å². The lowest BCUT2D eigenvalue weighted by atomic mass is 10.0. The summed E-state index contributed by atoms with van der Waals surface area (Å²) >= 11 is 0. The van der Waals surface area contributed by atoms with E-state index in [1.807, 2.05) is 6.07 Å². The predicted octanol–water partition coefficient (Wildman–Crippen LogP) is 1.15. The Morgan fingerprint density at radius 1 is 1.31 bits per heavy atom. The van der Waals surface area contributed by atoms with Crippen LogP contribution in [0.3, 0.4) is 0 Å². The van der Waals surface area contributed by atoms with Crippen LogP contribution < -0.4 is 5.32 Å². The maximum atomic E-state index is 12.2. The van der Waals surface area contributed by atoms with Gasteiger partial charge in [-0.3, -0.25) is 4.79 Å². The molecule has 2 aromatic rings. The quantitative estimate of drug-likeness (QED) is 0.777. The highest BCUT2D eigenvalue weighted by Crippen LogP contribution is 2.12. The van der Waals surface area contributed by atoms with Crippen LogP contribution in [0.1, 0.15) is 37.1 Å². The zero-order chi connectivity index (χ0) is 18.4. The molecule has 1 saturated heterocycles. The number of hydrogen-bond donors (Lipinski definition) is 2. The second-order valence-electron chi connectivity index (χ2n) is 6.94. The van der Waals surface area contributed by atoms with Crippen molar-refractivity contribution in [3.63, 3.8) is 0 Å². The van der Waals surface area contributed by atoms with Crippen molar-refractivity contribution >= 4 is 5.91 Å². The first-order chi connectivity index (χ1) is 12.6. The first kappa shape index (κ1) is 18.5. The van der Waals surface area contributed by atoms with Gasteiger partial charge in [-0.1, -0.05) is 35.5 Å². The number of hydrogen-bond acceptors (Lipinski definition) is 5. The van der Waals surface area contributed by atoms with Crippen molar-refractivity contribution in [1.82, 2.24) is 25.2 Å². The summed E-state index contributed by atoms with van der Waals surface area (Å²) in [7, 11) is 0. The number of amides is 1. The summed E-state index contributed by atoms with van der Waals surface area (Å²) in [6.45, 7) is 4.83. The molecule has 0 radical (unpaired) electrons. The number of carbonyl (C=O) groups is 1. The Labute approximate surface area is 154 Å². The summed E-state index contributed by atoms with van der Waals surface area (Å²) in [6, 6.07) is 10.8. The summed E-state index contributed by atoms with van der Waals surface area (Å²) in [4.78, 5) is 14.6. The number of aliphatic hydroxyl groups is 1. The average molecular weight is 357 g/mol. The molecule has 7 heteroatoms. The number of nitrogens with one attached hydrogen (secondary N) is 1. The van der Waals surface area contributed by atoms with Crippen LogP contribution in [0.15, 0.2) is 36.5 Å². The molecule has 0 aliphatic carbocycles.